The predicted octanol–water partition coefficient (Wildman–Crippen LogP) is 2.54. The number of carbonyl (C=O) groups excluding carboxylic acids is 2. The molecule has 1 rings (SSSR count). The van der Waals surface area contributed by atoms with Gasteiger partial charge in [0.2, 0.25) is 5.91 Å². The number of amides is 2. The molecule has 0 spiro atoms. The van der Waals surface area contributed by atoms with Crippen molar-refractivity contribution in [2.45, 2.75) is 45.3 Å². The Morgan fingerprint density at radius 1 is 1.32 bits per heavy atom. The highest BCUT2D eigenvalue weighted by atomic mass is 35.5. The van der Waals surface area contributed by atoms with Crippen LogP contribution in [0.25, 0.3) is 0 Å². The summed E-state index contributed by atoms with van der Waals surface area (Å²) in [4.78, 5) is 24.2. The van der Waals surface area contributed by atoms with Crippen LogP contribution in [-0.2, 0) is 15.1 Å². The van der Waals surface area contributed by atoms with Gasteiger partial charge in [-0.2, -0.15) is 0 Å². The number of carbonyl (C=O) groups is 2. The van der Waals surface area contributed by atoms with Crippen LogP contribution in [0.5, 0.6) is 0 Å². The number of primary amides is 1. The van der Waals surface area contributed by atoms with Gasteiger partial charge in [-0.15, -0.1) is 0 Å². The van der Waals surface area contributed by atoms with Crippen molar-refractivity contribution in [3.8, 4) is 0 Å². The van der Waals surface area contributed by atoms with Crippen molar-refractivity contribution < 1.29 is 14.3 Å². The number of anilines is 1. The molecule has 1 aromatic carbocycles. The lowest BCUT2D eigenvalue weighted by Crippen LogP contribution is -2.55. The van der Waals surface area contributed by atoms with Gasteiger partial charge in [0.05, 0.1) is 0 Å². The Kier molecular flexibility index (Phi) is 5.30. The quantitative estimate of drug-likeness (QED) is 0.738. The number of rotatable bonds is 4. The molecule has 0 fully saturated rings. The maximum absolute atomic E-state index is 12.1. The summed E-state index contributed by atoms with van der Waals surface area (Å²) in [5.41, 5.74) is 9.93. The number of ether oxygens (including phenoxy) is 1. The van der Waals surface area contributed by atoms with Gasteiger partial charge in [-0.1, -0.05) is 18.5 Å². The van der Waals surface area contributed by atoms with Crippen LogP contribution in [0.3, 0.4) is 0 Å². The second-order valence-corrected chi connectivity index (χ2v) is 6.42. The first-order chi connectivity index (χ1) is 10.0. The van der Waals surface area contributed by atoms with Gasteiger partial charge in [0, 0.05) is 16.3 Å². The zero-order valence-corrected chi connectivity index (χ0v) is 14.0. The molecule has 0 aromatic heterocycles. The van der Waals surface area contributed by atoms with E-state index >= 15 is 0 Å². The lowest BCUT2D eigenvalue weighted by Gasteiger charge is -2.33. The minimum absolute atomic E-state index is 0.201. The van der Waals surface area contributed by atoms with E-state index in [1.165, 1.54) is 6.07 Å². The molecule has 1 atom stereocenters. The Bertz CT molecular complexity index is 584. The third-order valence-corrected chi connectivity index (χ3v) is 3.38. The smallest absolute Gasteiger partial charge is 0.408 e. The van der Waals surface area contributed by atoms with E-state index in [1.54, 1.807) is 39.8 Å². The van der Waals surface area contributed by atoms with Crippen LogP contribution in [0.4, 0.5) is 10.5 Å². The summed E-state index contributed by atoms with van der Waals surface area (Å²) in [6.45, 7) is 6.87. The van der Waals surface area contributed by atoms with Crippen LogP contribution in [0, 0.1) is 0 Å². The molecule has 1 aromatic rings. The van der Waals surface area contributed by atoms with Crippen molar-refractivity contribution in [1.82, 2.24) is 5.32 Å². The van der Waals surface area contributed by atoms with Crippen molar-refractivity contribution in [1.29, 1.82) is 0 Å². The molecule has 0 aliphatic heterocycles. The second kappa shape index (κ2) is 6.44. The molecule has 0 radical (unpaired) electrons. The van der Waals surface area contributed by atoms with Crippen molar-refractivity contribution in [2.75, 3.05) is 5.73 Å². The van der Waals surface area contributed by atoms with Crippen LogP contribution < -0.4 is 16.8 Å². The molecule has 6 nitrogen and oxygen atoms in total. The van der Waals surface area contributed by atoms with Gasteiger partial charge >= 0.3 is 6.09 Å². The second-order valence-electron chi connectivity index (χ2n) is 5.98. The van der Waals surface area contributed by atoms with Crippen LogP contribution in [0.2, 0.25) is 5.02 Å². The van der Waals surface area contributed by atoms with Crippen LogP contribution >= 0.6 is 11.6 Å². The molecular formula is C15H22ClN3O3. The predicted molar refractivity (Wildman–Crippen MR) is 86.4 cm³/mol. The first-order valence-electron chi connectivity index (χ1n) is 6.88. The molecule has 2 amide bonds. The Labute approximate surface area is 135 Å². The normalized spacial score (nSPS) is 14.0. The molecule has 0 heterocycles. The lowest BCUT2D eigenvalue weighted by atomic mass is 9.85. The first kappa shape index (κ1) is 18.1. The van der Waals surface area contributed by atoms with E-state index in [4.69, 9.17) is 27.8 Å². The molecule has 0 unspecified atom stereocenters. The minimum atomic E-state index is -1.49. The molecule has 0 aliphatic rings. The van der Waals surface area contributed by atoms with Gasteiger partial charge in [-0.25, -0.2) is 4.79 Å². The van der Waals surface area contributed by atoms with Gasteiger partial charge in [-0.05, 0) is 45.4 Å². The SMILES string of the molecule is CC[C@@](NC(=O)OC(C)(C)C)(C(N)=O)c1cc(Cl)ccc1N. The van der Waals surface area contributed by atoms with Gasteiger partial charge in [0.1, 0.15) is 11.1 Å². The fourth-order valence-corrected chi connectivity index (χ4v) is 2.26. The Hall–Kier alpha value is -1.95. The average molecular weight is 328 g/mol. The Morgan fingerprint density at radius 2 is 1.91 bits per heavy atom. The number of hydrogen-bond donors (Lipinski definition) is 3. The zero-order chi connectivity index (χ0) is 17.1. The number of hydrogen-bond acceptors (Lipinski definition) is 4. The molecular weight excluding hydrogens is 306 g/mol. The van der Waals surface area contributed by atoms with E-state index in [0.29, 0.717) is 16.3 Å². The highest BCUT2D eigenvalue weighted by Crippen LogP contribution is 2.32. The number of nitrogens with one attached hydrogen (secondary N) is 1. The number of alkyl carbamates (subject to hydrolysis) is 1. The summed E-state index contributed by atoms with van der Waals surface area (Å²) >= 11 is 5.98. The first-order valence-corrected chi connectivity index (χ1v) is 7.26. The van der Waals surface area contributed by atoms with E-state index in [0.717, 1.165) is 0 Å². The maximum atomic E-state index is 12.1. The third-order valence-electron chi connectivity index (χ3n) is 3.14. The Morgan fingerprint density at radius 3 is 2.36 bits per heavy atom. The van der Waals surface area contributed by atoms with Gasteiger partial charge in [0.25, 0.3) is 0 Å². The number of nitrogens with two attached hydrogens (primary N) is 2. The van der Waals surface area contributed by atoms with Gasteiger partial charge < -0.3 is 21.5 Å². The summed E-state index contributed by atoms with van der Waals surface area (Å²) in [6.07, 6.45) is -0.556. The molecule has 0 aliphatic carbocycles. The topological polar surface area (TPSA) is 107 Å². The summed E-state index contributed by atoms with van der Waals surface area (Å²) < 4.78 is 5.21. The third kappa shape index (κ3) is 4.04. The Balaban J connectivity index is 3.29. The minimum Gasteiger partial charge on any atom is -0.444 e. The van der Waals surface area contributed by atoms with Crippen molar-refractivity contribution in [3.63, 3.8) is 0 Å². The molecule has 5 N–H and O–H groups in total. The van der Waals surface area contributed by atoms with Crippen molar-refractivity contribution >= 4 is 29.3 Å². The largest absolute Gasteiger partial charge is 0.444 e. The van der Waals surface area contributed by atoms with Crippen LogP contribution in [0.1, 0.15) is 39.7 Å². The highest BCUT2D eigenvalue weighted by Gasteiger charge is 2.41. The summed E-state index contributed by atoms with van der Waals surface area (Å²) in [5, 5.41) is 2.93. The fourth-order valence-electron chi connectivity index (χ4n) is 2.09. The summed E-state index contributed by atoms with van der Waals surface area (Å²) in [7, 11) is 0. The van der Waals surface area contributed by atoms with Crippen LogP contribution in [-0.4, -0.2) is 17.6 Å². The molecule has 0 saturated carbocycles. The number of nitrogen functional groups attached to an aromatic ring is 1. The standard InChI is InChI=1S/C15H22ClN3O3/c1-5-15(12(18)20,19-13(21)22-14(2,3)4)10-8-9(16)6-7-11(10)17/h6-8H,5,17H2,1-4H3,(H2,18,20)(H,19,21)/t15-/m0/s1. The monoisotopic (exact) mass is 327 g/mol. The number of halogens is 1. The van der Waals surface area contributed by atoms with Gasteiger partial charge in [-0.3, -0.25) is 4.79 Å². The van der Waals surface area contributed by atoms with E-state index < -0.39 is 23.1 Å². The molecule has 0 bridgehead atoms. The molecule has 0 saturated heterocycles. The van der Waals surface area contributed by atoms with Crippen molar-refractivity contribution in [2.24, 2.45) is 5.73 Å². The molecule has 122 valence electrons. The maximum Gasteiger partial charge on any atom is 0.408 e. The van der Waals surface area contributed by atoms with Crippen LogP contribution in [0.15, 0.2) is 18.2 Å². The molecule has 22 heavy (non-hydrogen) atoms. The van der Waals surface area contributed by atoms with E-state index in [9.17, 15) is 9.59 Å². The lowest BCUT2D eigenvalue weighted by molar-refractivity contribution is -0.125. The fraction of sp³-hybridized carbons (Fsp3) is 0.467. The molecule has 7 heteroatoms. The van der Waals surface area contributed by atoms with E-state index in [1.807, 2.05) is 0 Å². The van der Waals surface area contributed by atoms with E-state index in [2.05, 4.69) is 5.32 Å². The van der Waals surface area contributed by atoms with Gasteiger partial charge in [0.15, 0.2) is 0 Å². The zero-order valence-electron chi connectivity index (χ0n) is 13.2. The summed E-state index contributed by atoms with van der Waals surface area (Å²) in [6, 6.07) is 4.67. The van der Waals surface area contributed by atoms with E-state index in [-0.39, 0.29) is 6.42 Å². The number of benzene rings is 1. The van der Waals surface area contributed by atoms with Crippen molar-refractivity contribution in [3.05, 3.63) is 28.8 Å². The average Bonchev–Trinajstić information content (AvgIpc) is 2.36. The summed E-state index contributed by atoms with van der Waals surface area (Å²) in [5.74, 6) is -0.741. The highest BCUT2D eigenvalue weighted by molar-refractivity contribution is 6.30.